The Labute approximate surface area is 68.6 Å². The normalized spacial score (nSPS) is 23.2. The van der Waals surface area contributed by atoms with E-state index in [2.05, 4.69) is 30.4 Å². The summed E-state index contributed by atoms with van der Waals surface area (Å²) in [5.74, 6) is 0. The summed E-state index contributed by atoms with van der Waals surface area (Å²) < 4.78 is 0. The molecule has 0 aromatic heterocycles. The van der Waals surface area contributed by atoms with Gasteiger partial charge in [-0.25, -0.2) is 0 Å². The van der Waals surface area contributed by atoms with E-state index in [1.807, 2.05) is 0 Å². The summed E-state index contributed by atoms with van der Waals surface area (Å²) in [6.45, 7) is 9.79. The van der Waals surface area contributed by atoms with Crippen LogP contribution in [0.5, 0.6) is 0 Å². The lowest BCUT2D eigenvalue weighted by Gasteiger charge is -2.25. The van der Waals surface area contributed by atoms with Crippen LogP contribution in [0, 0.1) is 0 Å². The van der Waals surface area contributed by atoms with Crippen molar-refractivity contribution < 1.29 is 0 Å². The van der Waals surface area contributed by atoms with Crippen LogP contribution < -0.4 is 5.32 Å². The fraction of sp³-hybridized carbons (Fsp3) is 0.556. The first-order chi connectivity index (χ1) is 5.25. The molecule has 1 heterocycles. The third-order valence-corrected chi connectivity index (χ3v) is 2.27. The van der Waals surface area contributed by atoms with E-state index in [1.54, 1.807) is 6.08 Å². The molecule has 0 aromatic carbocycles. The van der Waals surface area contributed by atoms with Crippen molar-refractivity contribution in [3.05, 3.63) is 24.9 Å². The summed E-state index contributed by atoms with van der Waals surface area (Å²) >= 11 is 0. The van der Waals surface area contributed by atoms with Crippen molar-refractivity contribution in [2.24, 2.45) is 0 Å². The fourth-order valence-corrected chi connectivity index (χ4v) is 1.35. The van der Waals surface area contributed by atoms with Gasteiger partial charge < -0.3 is 10.2 Å². The molecular formula is C9H16N2. The molecule has 0 radical (unpaired) electrons. The predicted molar refractivity (Wildman–Crippen MR) is 48.4 cm³/mol. The SMILES string of the molecule is C=CC(=C)N(C)C1CCNC1. The van der Waals surface area contributed by atoms with Crippen LogP contribution in [0.25, 0.3) is 0 Å². The van der Waals surface area contributed by atoms with E-state index in [1.165, 1.54) is 6.42 Å². The molecule has 2 heteroatoms. The highest BCUT2D eigenvalue weighted by Gasteiger charge is 2.18. The molecule has 0 saturated carbocycles. The van der Waals surface area contributed by atoms with Gasteiger partial charge in [-0.15, -0.1) is 0 Å². The summed E-state index contributed by atoms with van der Waals surface area (Å²) in [6.07, 6.45) is 3.02. The third kappa shape index (κ3) is 1.84. The Bertz CT molecular complexity index is 157. The minimum atomic E-state index is 0.612. The molecular weight excluding hydrogens is 136 g/mol. The fourth-order valence-electron chi connectivity index (χ4n) is 1.35. The third-order valence-electron chi connectivity index (χ3n) is 2.27. The maximum absolute atomic E-state index is 3.90. The number of hydrogen-bond donors (Lipinski definition) is 1. The van der Waals surface area contributed by atoms with Crippen molar-refractivity contribution in [1.29, 1.82) is 0 Å². The zero-order valence-electron chi connectivity index (χ0n) is 7.14. The van der Waals surface area contributed by atoms with Crippen LogP contribution in [0.2, 0.25) is 0 Å². The summed E-state index contributed by atoms with van der Waals surface area (Å²) in [6, 6.07) is 0.612. The molecule has 1 fully saturated rings. The Kier molecular flexibility index (Phi) is 2.71. The Morgan fingerprint density at radius 3 is 2.91 bits per heavy atom. The lowest BCUT2D eigenvalue weighted by atomic mass is 10.2. The van der Waals surface area contributed by atoms with Gasteiger partial charge in [-0.05, 0) is 19.0 Å². The van der Waals surface area contributed by atoms with Gasteiger partial charge >= 0.3 is 0 Å². The molecule has 1 unspecified atom stereocenters. The lowest BCUT2D eigenvalue weighted by Crippen LogP contribution is -2.31. The molecule has 62 valence electrons. The monoisotopic (exact) mass is 152 g/mol. The highest BCUT2D eigenvalue weighted by atomic mass is 15.2. The van der Waals surface area contributed by atoms with Crippen molar-refractivity contribution in [3.63, 3.8) is 0 Å². The van der Waals surface area contributed by atoms with Crippen LogP contribution in [0.3, 0.4) is 0 Å². The van der Waals surface area contributed by atoms with Crippen LogP contribution >= 0.6 is 0 Å². The smallest absolute Gasteiger partial charge is 0.0423 e. The highest BCUT2D eigenvalue weighted by molar-refractivity contribution is 5.10. The van der Waals surface area contributed by atoms with Crippen molar-refractivity contribution in [1.82, 2.24) is 10.2 Å². The van der Waals surface area contributed by atoms with Crippen LogP contribution in [-0.4, -0.2) is 31.1 Å². The molecule has 1 aliphatic heterocycles. The Morgan fingerprint density at radius 2 is 2.45 bits per heavy atom. The molecule has 0 aromatic rings. The van der Waals surface area contributed by atoms with Crippen LogP contribution in [-0.2, 0) is 0 Å². The summed E-state index contributed by atoms with van der Waals surface area (Å²) in [7, 11) is 2.07. The average molecular weight is 152 g/mol. The van der Waals surface area contributed by atoms with Crippen LogP contribution in [0.4, 0.5) is 0 Å². The van der Waals surface area contributed by atoms with E-state index in [0.29, 0.717) is 6.04 Å². The number of nitrogens with one attached hydrogen (secondary N) is 1. The van der Waals surface area contributed by atoms with E-state index in [4.69, 9.17) is 0 Å². The maximum atomic E-state index is 3.90. The topological polar surface area (TPSA) is 15.3 Å². The summed E-state index contributed by atoms with van der Waals surface area (Å²) in [5, 5.41) is 3.32. The molecule has 0 aliphatic carbocycles. The van der Waals surface area contributed by atoms with E-state index in [-0.39, 0.29) is 0 Å². The predicted octanol–water partition coefficient (Wildman–Crippen LogP) is 0.980. The zero-order valence-corrected chi connectivity index (χ0v) is 7.14. The van der Waals surface area contributed by atoms with Crippen molar-refractivity contribution in [2.75, 3.05) is 20.1 Å². The van der Waals surface area contributed by atoms with Gasteiger partial charge in [-0.2, -0.15) is 0 Å². The lowest BCUT2D eigenvalue weighted by molar-refractivity contribution is 0.333. The first-order valence-electron chi connectivity index (χ1n) is 4.00. The zero-order chi connectivity index (χ0) is 8.27. The van der Waals surface area contributed by atoms with Gasteiger partial charge in [0.2, 0.25) is 0 Å². The largest absolute Gasteiger partial charge is 0.371 e. The minimum absolute atomic E-state index is 0.612. The maximum Gasteiger partial charge on any atom is 0.0423 e. The number of rotatable bonds is 3. The quantitative estimate of drug-likeness (QED) is 0.606. The van der Waals surface area contributed by atoms with Crippen LogP contribution in [0.1, 0.15) is 6.42 Å². The standard InChI is InChI=1S/C9H16N2/c1-4-8(2)11(3)9-5-6-10-7-9/h4,9-10H,1-2,5-7H2,3H3. The second kappa shape index (κ2) is 3.58. The van der Waals surface area contributed by atoms with Gasteiger partial charge in [0.05, 0.1) is 0 Å². The van der Waals surface area contributed by atoms with Crippen molar-refractivity contribution >= 4 is 0 Å². The molecule has 1 aliphatic rings. The molecule has 2 nitrogen and oxygen atoms in total. The highest BCUT2D eigenvalue weighted by Crippen LogP contribution is 2.11. The molecule has 11 heavy (non-hydrogen) atoms. The van der Waals surface area contributed by atoms with Gasteiger partial charge in [0.25, 0.3) is 0 Å². The second-order valence-electron chi connectivity index (χ2n) is 2.95. The number of hydrogen-bond acceptors (Lipinski definition) is 2. The van der Waals surface area contributed by atoms with E-state index < -0.39 is 0 Å². The van der Waals surface area contributed by atoms with E-state index in [0.717, 1.165) is 18.8 Å². The van der Waals surface area contributed by atoms with Gasteiger partial charge in [-0.1, -0.05) is 13.2 Å². The second-order valence-corrected chi connectivity index (χ2v) is 2.95. The van der Waals surface area contributed by atoms with Gasteiger partial charge in [0.1, 0.15) is 0 Å². The minimum Gasteiger partial charge on any atom is -0.371 e. The van der Waals surface area contributed by atoms with E-state index >= 15 is 0 Å². The first-order valence-corrected chi connectivity index (χ1v) is 4.00. The molecule has 0 spiro atoms. The molecule has 1 N–H and O–H groups in total. The molecule has 1 saturated heterocycles. The number of nitrogens with zero attached hydrogens (tertiary/aromatic N) is 1. The van der Waals surface area contributed by atoms with Crippen molar-refractivity contribution in [2.45, 2.75) is 12.5 Å². The Balaban J connectivity index is 2.45. The average Bonchev–Trinajstić information content (AvgIpc) is 2.53. The first kappa shape index (κ1) is 8.34. The molecule has 0 amide bonds. The summed E-state index contributed by atoms with van der Waals surface area (Å²) in [5.41, 5.74) is 1.01. The van der Waals surface area contributed by atoms with Gasteiger partial charge in [-0.3, -0.25) is 0 Å². The molecule has 1 rings (SSSR count). The van der Waals surface area contributed by atoms with Gasteiger partial charge in [0.15, 0.2) is 0 Å². The van der Waals surface area contributed by atoms with Crippen LogP contribution in [0.15, 0.2) is 24.9 Å². The Morgan fingerprint density at radius 1 is 1.73 bits per heavy atom. The van der Waals surface area contributed by atoms with Crippen molar-refractivity contribution in [3.8, 4) is 0 Å². The van der Waals surface area contributed by atoms with Gasteiger partial charge in [0, 0.05) is 25.3 Å². The molecule has 1 atom stereocenters. The number of likely N-dealkylation sites (N-methyl/N-ethyl adjacent to an activating group) is 1. The molecule has 0 bridgehead atoms. The summed E-state index contributed by atoms with van der Waals surface area (Å²) in [4.78, 5) is 2.19. The Hall–Kier alpha value is -0.760. The van der Waals surface area contributed by atoms with E-state index in [9.17, 15) is 0 Å². The number of allylic oxidation sites excluding steroid dienone is 1.